The van der Waals surface area contributed by atoms with Crippen LogP contribution in [0.15, 0.2) is 95.9 Å². The maximum atomic E-state index is 14.2. The lowest BCUT2D eigenvalue weighted by Gasteiger charge is -2.12. The Morgan fingerprint density at radius 2 is 1.67 bits per heavy atom. The van der Waals surface area contributed by atoms with E-state index < -0.39 is 11.6 Å². The van der Waals surface area contributed by atoms with Gasteiger partial charge in [-0.2, -0.15) is 0 Å². The van der Waals surface area contributed by atoms with Gasteiger partial charge in [0, 0.05) is 24.5 Å². The van der Waals surface area contributed by atoms with Crippen LogP contribution in [0.3, 0.4) is 0 Å². The van der Waals surface area contributed by atoms with Crippen LogP contribution < -0.4 is 4.74 Å². The third-order valence-electron chi connectivity index (χ3n) is 6.64. The molecule has 2 aliphatic rings. The number of halogens is 2. The van der Waals surface area contributed by atoms with Gasteiger partial charge < -0.3 is 13.7 Å². The number of rotatable bonds is 7. The lowest BCUT2D eigenvalue weighted by molar-refractivity contribution is 0.304. The Hall–Kier alpha value is -4.78. The summed E-state index contributed by atoms with van der Waals surface area (Å²) in [6.07, 6.45) is 5.49. The number of aromatic nitrogens is 3. The van der Waals surface area contributed by atoms with Gasteiger partial charge in [0.05, 0.1) is 17.5 Å². The molecule has 0 radical (unpaired) electrons. The first kappa shape index (κ1) is 24.6. The Morgan fingerprint density at radius 3 is 2.44 bits per heavy atom. The van der Waals surface area contributed by atoms with Crippen LogP contribution in [0.5, 0.6) is 5.75 Å². The Labute approximate surface area is 224 Å². The second kappa shape index (κ2) is 10.2. The van der Waals surface area contributed by atoms with Crippen LogP contribution >= 0.6 is 0 Å². The van der Waals surface area contributed by atoms with Gasteiger partial charge in [-0.05, 0) is 72.5 Å². The van der Waals surface area contributed by atoms with Gasteiger partial charge in [-0.25, -0.2) is 18.7 Å². The number of furan rings is 1. The molecule has 0 fully saturated rings. The number of hydrogen-bond acceptors (Lipinski definition) is 4. The minimum atomic E-state index is -0.942. The molecule has 5 nitrogen and oxygen atoms in total. The molecule has 0 bridgehead atoms. The van der Waals surface area contributed by atoms with Crippen molar-refractivity contribution < 1.29 is 17.9 Å². The molecule has 7 heteroatoms. The predicted octanol–water partition coefficient (Wildman–Crippen LogP) is 7.83. The zero-order chi connectivity index (χ0) is 26.9. The first-order chi connectivity index (χ1) is 18.9. The topological polar surface area (TPSA) is 53.1 Å². The summed E-state index contributed by atoms with van der Waals surface area (Å²) in [7, 11) is 0. The van der Waals surface area contributed by atoms with Crippen molar-refractivity contribution in [3.05, 3.63) is 126 Å². The number of imidazole rings is 1. The smallest absolute Gasteiger partial charge is 0.169 e. The van der Waals surface area contributed by atoms with E-state index in [0.717, 1.165) is 45.4 Å². The highest BCUT2D eigenvalue weighted by atomic mass is 19.2. The average molecular weight is 522 g/mol. The first-order valence-corrected chi connectivity index (χ1v) is 12.6. The van der Waals surface area contributed by atoms with Crippen LogP contribution in [0.1, 0.15) is 22.5 Å². The molecular weight excluding hydrogens is 496 g/mol. The molecule has 6 rings (SSSR count). The molecule has 1 aromatic heterocycles. The van der Waals surface area contributed by atoms with E-state index in [0.29, 0.717) is 24.5 Å². The summed E-state index contributed by atoms with van der Waals surface area (Å²) in [6.45, 7) is 5.09. The van der Waals surface area contributed by atoms with Gasteiger partial charge in [-0.1, -0.05) is 36.4 Å². The molecule has 2 aliphatic heterocycles. The number of ether oxygens (including phenoxy) is 1. The molecule has 0 amide bonds. The quantitative estimate of drug-likeness (QED) is 0.215. The number of fused-ring (bicyclic) bond motifs is 1. The van der Waals surface area contributed by atoms with E-state index in [-0.39, 0.29) is 11.4 Å². The highest BCUT2D eigenvalue weighted by molar-refractivity contribution is 5.69. The van der Waals surface area contributed by atoms with E-state index in [4.69, 9.17) is 9.15 Å². The highest BCUT2D eigenvalue weighted by Crippen LogP contribution is 2.29. The maximum Gasteiger partial charge on any atom is 0.169 e. The van der Waals surface area contributed by atoms with Crippen molar-refractivity contribution in [3.63, 3.8) is 0 Å². The molecule has 0 atom stereocenters. The van der Waals surface area contributed by atoms with Crippen LogP contribution in [0.2, 0.25) is 0 Å². The highest BCUT2D eigenvalue weighted by Gasteiger charge is 2.17. The lowest BCUT2D eigenvalue weighted by atomic mass is 9.99. The summed E-state index contributed by atoms with van der Waals surface area (Å²) in [6, 6.07) is 22.3. The molecule has 0 unspecified atom stereocenters. The third kappa shape index (κ3) is 5.16. The summed E-state index contributed by atoms with van der Waals surface area (Å²) in [5.74, 6) is 0.000966. The maximum absolute atomic E-state index is 14.2. The molecule has 0 saturated heterocycles. The summed E-state index contributed by atoms with van der Waals surface area (Å²) in [4.78, 5) is 8.81. The number of hydrogen-bond donors (Lipinski definition) is 0. The lowest BCUT2D eigenvalue weighted by Crippen LogP contribution is -2.01. The van der Waals surface area contributed by atoms with Crippen LogP contribution in [0.25, 0.3) is 33.9 Å². The zero-order valence-electron chi connectivity index (χ0n) is 21.5. The Kier molecular flexibility index (Phi) is 6.40. The van der Waals surface area contributed by atoms with Crippen molar-refractivity contribution in [2.24, 2.45) is 0 Å². The predicted molar refractivity (Wildman–Crippen MR) is 145 cm³/mol. The second-order valence-corrected chi connectivity index (χ2v) is 9.56. The molecule has 194 valence electrons. The van der Waals surface area contributed by atoms with E-state index in [1.165, 1.54) is 12.1 Å². The van der Waals surface area contributed by atoms with E-state index in [9.17, 15) is 8.78 Å². The number of pyridine rings is 1. The molecule has 0 aliphatic carbocycles. The summed E-state index contributed by atoms with van der Waals surface area (Å²) >= 11 is 0. The van der Waals surface area contributed by atoms with E-state index >= 15 is 0 Å². The first-order valence-electron chi connectivity index (χ1n) is 12.6. The molecule has 39 heavy (non-hydrogen) atoms. The standard InChI is InChI=1S/C32H25F2N3O2/c1-20-14-25(39-19-23-15-21(2)38-18-23)10-11-26(20)24-8-6-22(7-9-24)16-37-13-12-29-30(17-37)36-32(35-29)27-4-3-5-28(33)31(27)34/h3-15,17-18H,16,19H2,1-2H3. The number of aryl methyl sites for hydroxylation is 2. The van der Waals surface area contributed by atoms with Crippen LogP contribution in [-0.2, 0) is 13.2 Å². The van der Waals surface area contributed by atoms with Crippen LogP contribution in [0.4, 0.5) is 8.78 Å². The Bertz CT molecular complexity index is 1740. The van der Waals surface area contributed by atoms with Crippen molar-refractivity contribution in [2.75, 3.05) is 0 Å². The molecule has 0 spiro atoms. The van der Waals surface area contributed by atoms with Gasteiger partial charge in [0.2, 0.25) is 0 Å². The number of nitrogens with zero attached hydrogens (tertiary/aromatic N) is 3. The monoisotopic (exact) mass is 521 g/mol. The molecule has 4 aromatic rings. The SMILES string of the molecule is Cc1cc(COc2ccc(-c3ccc(Cn4ccc5nc(-c6cccc(F)c6F)nc-5c4)cc3)c(C)c2)co1. The fourth-order valence-electron chi connectivity index (χ4n) is 4.64. The second-order valence-electron chi connectivity index (χ2n) is 9.56. The van der Waals surface area contributed by atoms with Gasteiger partial charge in [-0.3, -0.25) is 0 Å². The zero-order valence-corrected chi connectivity index (χ0v) is 21.5. The van der Waals surface area contributed by atoms with Gasteiger partial charge >= 0.3 is 0 Å². The third-order valence-corrected chi connectivity index (χ3v) is 6.64. The van der Waals surface area contributed by atoms with Crippen molar-refractivity contribution in [2.45, 2.75) is 27.0 Å². The normalized spacial score (nSPS) is 11.3. The summed E-state index contributed by atoms with van der Waals surface area (Å²) in [5.41, 5.74) is 6.82. The van der Waals surface area contributed by atoms with Crippen molar-refractivity contribution in [1.82, 2.24) is 14.5 Å². The molecule has 0 saturated carbocycles. The Balaban J connectivity index is 1.15. The van der Waals surface area contributed by atoms with Crippen LogP contribution in [-0.4, -0.2) is 14.5 Å². The fraction of sp³-hybridized carbons (Fsp3) is 0.125. The van der Waals surface area contributed by atoms with Gasteiger partial charge in [-0.15, -0.1) is 0 Å². The van der Waals surface area contributed by atoms with E-state index in [1.807, 2.05) is 48.1 Å². The summed E-state index contributed by atoms with van der Waals surface area (Å²) in [5, 5.41) is 0. The largest absolute Gasteiger partial charge is 0.489 e. The van der Waals surface area contributed by atoms with Crippen molar-refractivity contribution >= 4 is 0 Å². The molecule has 3 heterocycles. The average Bonchev–Trinajstić information content (AvgIpc) is 3.55. The van der Waals surface area contributed by atoms with E-state index in [2.05, 4.69) is 47.2 Å². The van der Waals surface area contributed by atoms with E-state index in [1.54, 1.807) is 6.26 Å². The Morgan fingerprint density at radius 1 is 0.846 bits per heavy atom. The minimum absolute atomic E-state index is 0.0521. The molecule has 3 aromatic carbocycles. The minimum Gasteiger partial charge on any atom is -0.489 e. The molecule has 0 N–H and O–H groups in total. The fourth-order valence-corrected chi connectivity index (χ4v) is 4.64. The molecular formula is C32H25F2N3O2. The van der Waals surface area contributed by atoms with Crippen molar-refractivity contribution in [1.29, 1.82) is 0 Å². The van der Waals surface area contributed by atoms with Gasteiger partial charge in [0.25, 0.3) is 0 Å². The van der Waals surface area contributed by atoms with Crippen LogP contribution in [0, 0.1) is 25.5 Å². The van der Waals surface area contributed by atoms with Crippen molar-refractivity contribution in [3.8, 4) is 39.7 Å². The number of benzene rings is 3. The summed E-state index contributed by atoms with van der Waals surface area (Å²) < 4.78 is 41.1. The van der Waals surface area contributed by atoms with Gasteiger partial charge in [0.1, 0.15) is 23.8 Å². The van der Waals surface area contributed by atoms with Gasteiger partial charge in [0.15, 0.2) is 17.5 Å².